The molecule has 0 aliphatic carbocycles. The average molecular weight is 184 g/mol. The number of hydrogen-bond donors (Lipinski definition) is 1. The number of hydrogen-bond acceptors (Lipinski definition) is 2. The van der Waals surface area contributed by atoms with Crippen LogP contribution in [0.3, 0.4) is 0 Å². The van der Waals surface area contributed by atoms with Crippen molar-refractivity contribution < 1.29 is 14.7 Å². The van der Waals surface area contributed by atoms with Gasteiger partial charge in [-0.25, -0.2) is 0 Å². The van der Waals surface area contributed by atoms with Crippen LogP contribution in [0.5, 0.6) is 0 Å². The summed E-state index contributed by atoms with van der Waals surface area (Å²) in [5.74, 6) is -1.53. The molecule has 0 amide bonds. The van der Waals surface area contributed by atoms with Crippen LogP contribution in [0.4, 0.5) is 0 Å². The van der Waals surface area contributed by atoms with Gasteiger partial charge in [-0.1, -0.05) is 25.5 Å². The lowest BCUT2D eigenvalue weighted by Crippen LogP contribution is -2.16. The highest BCUT2D eigenvalue weighted by Crippen LogP contribution is 2.18. The molecule has 1 N–H and O–H groups in total. The quantitative estimate of drug-likeness (QED) is 0.507. The number of carboxylic acids is 1. The van der Waals surface area contributed by atoms with Crippen LogP contribution in [0.15, 0.2) is 11.6 Å². The summed E-state index contributed by atoms with van der Waals surface area (Å²) in [6.07, 6.45) is 4.14. The topological polar surface area (TPSA) is 54.4 Å². The molecule has 0 fully saturated rings. The number of allylic oxidation sites excluding steroid dienone is 1. The van der Waals surface area contributed by atoms with Crippen molar-refractivity contribution in [3.05, 3.63) is 11.6 Å². The zero-order chi connectivity index (χ0) is 10.3. The van der Waals surface area contributed by atoms with Gasteiger partial charge in [0.15, 0.2) is 0 Å². The summed E-state index contributed by atoms with van der Waals surface area (Å²) in [5, 5.41) is 8.83. The first kappa shape index (κ1) is 11.9. The molecule has 0 rings (SSSR count). The molecule has 1 atom stereocenters. The van der Waals surface area contributed by atoms with Crippen molar-refractivity contribution in [1.82, 2.24) is 0 Å². The molecule has 3 heteroatoms. The van der Waals surface area contributed by atoms with Crippen molar-refractivity contribution in [3.8, 4) is 0 Å². The highest BCUT2D eigenvalue weighted by atomic mass is 16.4. The van der Waals surface area contributed by atoms with Gasteiger partial charge < -0.3 is 9.90 Å². The Balaban J connectivity index is 4.57. The van der Waals surface area contributed by atoms with Crippen molar-refractivity contribution in [3.63, 3.8) is 0 Å². The van der Waals surface area contributed by atoms with Crippen LogP contribution in [0.1, 0.15) is 33.1 Å². The van der Waals surface area contributed by atoms with E-state index in [1.54, 1.807) is 0 Å². The second-order valence-electron chi connectivity index (χ2n) is 2.83. The van der Waals surface area contributed by atoms with Gasteiger partial charge in [-0.3, -0.25) is 4.79 Å². The van der Waals surface area contributed by atoms with E-state index in [0.29, 0.717) is 12.7 Å². The predicted octanol–water partition coefficient (Wildman–Crippen LogP) is 2.02. The van der Waals surface area contributed by atoms with E-state index in [1.165, 1.54) is 0 Å². The molecule has 0 bridgehead atoms. The maximum Gasteiger partial charge on any atom is 0.311 e. The normalized spacial score (nSPS) is 13.8. The Bertz CT molecular complexity index is 206. The summed E-state index contributed by atoms with van der Waals surface area (Å²) < 4.78 is 0. The highest BCUT2D eigenvalue weighted by molar-refractivity contribution is 5.76. The Hall–Kier alpha value is -1.12. The fourth-order valence-electron chi connectivity index (χ4n) is 1.30. The highest BCUT2D eigenvalue weighted by Gasteiger charge is 2.19. The molecule has 0 saturated heterocycles. The van der Waals surface area contributed by atoms with Crippen LogP contribution in [0.25, 0.3) is 0 Å². The van der Waals surface area contributed by atoms with Crippen LogP contribution in [0, 0.1) is 5.92 Å². The summed E-state index contributed by atoms with van der Waals surface area (Å²) in [5.41, 5.74) is 0.849. The lowest BCUT2D eigenvalue weighted by atomic mass is 9.93. The zero-order valence-corrected chi connectivity index (χ0v) is 8.12. The number of carbonyl (C=O) groups excluding carboxylic acids is 1. The summed E-state index contributed by atoms with van der Waals surface area (Å²) in [7, 11) is 0. The zero-order valence-electron chi connectivity index (χ0n) is 8.12. The fraction of sp³-hybridized carbons (Fsp3) is 0.600. The van der Waals surface area contributed by atoms with Crippen LogP contribution < -0.4 is 0 Å². The van der Waals surface area contributed by atoms with Gasteiger partial charge in [-0.2, -0.15) is 0 Å². The standard InChI is InChI=1S/C10H16O3/c1-3-5-8(4-2)9(6-7-11)10(12)13/h5,7,9H,3-4,6H2,1-2H3,(H,12,13)/b8-5+/t9-/m1/s1. The first-order valence-electron chi connectivity index (χ1n) is 4.52. The summed E-state index contributed by atoms with van der Waals surface area (Å²) in [6, 6.07) is 0. The van der Waals surface area contributed by atoms with E-state index in [9.17, 15) is 9.59 Å². The molecule has 0 unspecified atom stereocenters. The summed E-state index contributed by atoms with van der Waals surface area (Å²) in [4.78, 5) is 21.0. The minimum absolute atomic E-state index is 0.0784. The molecule has 74 valence electrons. The number of carbonyl (C=O) groups is 2. The van der Waals surface area contributed by atoms with E-state index in [-0.39, 0.29) is 6.42 Å². The van der Waals surface area contributed by atoms with Crippen LogP contribution in [0.2, 0.25) is 0 Å². The smallest absolute Gasteiger partial charge is 0.311 e. The molecule has 0 aliphatic rings. The van der Waals surface area contributed by atoms with Crippen molar-refractivity contribution in [2.24, 2.45) is 5.92 Å². The number of aliphatic carboxylic acids is 1. The van der Waals surface area contributed by atoms with E-state index >= 15 is 0 Å². The van der Waals surface area contributed by atoms with E-state index in [2.05, 4.69) is 0 Å². The SMILES string of the molecule is CC/C=C(\CC)[C@@H](CC=O)C(=O)O. The third-order valence-electron chi connectivity index (χ3n) is 1.95. The Kier molecular flexibility index (Phi) is 5.85. The van der Waals surface area contributed by atoms with E-state index < -0.39 is 11.9 Å². The van der Waals surface area contributed by atoms with E-state index in [4.69, 9.17) is 5.11 Å². The van der Waals surface area contributed by atoms with Gasteiger partial charge in [0, 0.05) is 6.42 Å². The molecule has 0 aliphatic heterocycles. The minimum Gasteiger partial charge on any atom is -0.481 e. The van der Waals surface area contributed by atoms with Crippen molar-refractivity contribution >= 4 is 12.3 Å². The molecule has 3 nitrogen and oxygen atoms in total. The molecule has 0 aromatic heterocycles. The second kappa shape index (κ2) is 6.40. The van der Waals surface area contributed by atoms with E-state index in [0.717, 1.165) is 12.0 Å². The molecule has 13 heavy (non-hydrogen) atoms. The molecule has 0 aromatic rings. The molecule has 0 radical (unpaired) electrons. The molecule has 0 heterocycles. The van der Waals surface area contributed by atoms with Gasteiger partial charge in [0.05, 0.1) is 5.92 Å². The second-order valence-corrected chi connectivity index (χ2v) is 2.83. The number of rotatable bonds is 6. The molecule has 0 aromatic carbocycles. The summed E-state index contributed by atoms with van der Waals surface area (Å²) >= 11 is 0. The lowest BCUT2D eigenvalue weighted by molar-refractivity contribution is -0.141. The van der Waals surface area contributed by atoms with Gasteiger partial charge in [0.25, 0.3) is 0 Å². The molecular formula is C10H16O3. The summed E-state index contributed by atoms with van der Waals surface area (Å²) in [6.45, 7) is 3.86. The molecule has 0 spiro atoms. The average Bonchev–Trinajstić information content (AvgIpc) is 2.10. The third-order valence-corrected chi connectivity index (χ3v) is 1.95. The van der Waals surface area contributed by atoms with Crippen LogP contribution in [-0.2, 0) is 9.59 Å². The van der Waals surface area contributed by atoms with Gasteiger partial charge in [-0.15, -0.1) is 0 Å². The Morgan fingerprint density at radius 3 is 2.38 bits per heavy atom. The van der Waals surface area contributed by atoms with Crippen molar-refractivity contribution in [1.29, 1.82) is 0 Å². The maximum absolute atomic E-state index is 10.8. The maximum atomic E-state index is 10.8. The van der Waals surface area contributed by atoms with Gasteiger partial charge in [-0.05, 0) is 12.8 Å². The van der Waals surface area contributed by atoms with Gasteiger partial charge >= 0.3 is 5.97 Å². The first-order valence-corrected chi connectivity index (χ1v) is 4.52. The monoisotopic (exact) mass is 184 g/mol. The predicted molar refractivity (Wildman–Crippen MR) is 50.5 cm³/mol. The molecular weight excluding hydrogens is 168 g/mol. The van der Waals surface area contributed by atoms with Crippen molar-refractivity contribution in [2.45, 2.75) is 33.1 Å². The van der Waals surface area contributed by atoms with Crippen LogP contribution >= 0.6 is 0 Å². The van der Waals surface area contributed by atoms with Crippen LogP contribution in [-0.4, -0.2) is 17.4 Å². The number of carboxylic acid groups (broad SMARTS) is 1. The molecule has 0 saturated carbocycles. The van der Waals surface area contributed by atoms with Crippen molar-refractivity contribution in [2.75, 3.05) is 0 Å². The minimum atomic E-state index is -0.909. The Labute approximate surface area is 78.5 Å². The first-order chi connectivity index (χ1) is 6.17. The Morgan fingerprint density at radius 2 is 2.08 bits per heavy atom. The largest absolute Gasteiger partial charge is 0.481 e. The van der Waals surface area contributed by atoms with Gasteiger partial charge in [0.1, 0.15) is 6.29 Å². The number of aldehydes is 1. The lowest BCUT2D eigenvalue weighted by Gasteiger charge is -2.11. The third kappa shape index (κ3) is 3.87. The Morgan fingerprint density at radius 1 is 1.46 bits per heavy atom. The van der Waals surface area contributed by atoms with Gasteiger partial charge in [0.2, 0.25) is 0 Å². The van der Waals surface area contributed by atoms with E-state index in [1.807, 2.05) is 19.9 Å². The fourth-order valence-corrected chi connectivity index (χ4v) is 1.30.